The summed E-state index contributed by atoms with van der Waals surface area (Å²) in [7, 11) is 0. The van der Waals surface area contributed by atoms with E-state index in [-0.39, 0.29) is 5.11 Å². The van der Waals surface area contributed by atoms with E-state index in [2.05, 4.69) is 15.3 Å². The highest BCUT2D eigenvalue weighted by Gasteiger charge is 2.07. The zero-order chi connectivity index (χ0) is 13.2. The van der Waals surface area contributed by atoms with Crippen LogP contribution in [0.15, 0.2) is 42.6 Å². The third-order valence-corrected chi connectivity index (χ3v) is 3.67. The minimum absolute atomic E-state index is 0.253. The Balaban J connectivity index is 2.03. The van der Waals surface area contributed by atoms with E-state index in [0.29, 0.717) is 0 Å². The Kier molecular flexibility index (Phi) is 3.10. The average Bonchev–Trinajstić information content (AvgIpc) is 2.82. The summed E-state index contributed by atoms with van der Waals surface area (Å²) < 4.78 is 0. The predicted octanol–water partition coefficient (Wildman–Crippen LogP) is 3.01. The van der Waals surface area contributed by atoms with E-state index >= 15 is 0 Å². The van der Waals surface area contributed by atoms with Gasteiger partial charge >= 0.3 is 0 Å². The fourth-order valence-electron chi connectivity index (χ4n) is 1.77. The zero-order valence-corrected chi connectivity index (χ0v) is 11.5. The van der Waals surface area contributed by atoms with Gasteiger partial charge in [0.2, 0.25) is 0 Å². The van der Waals surface area contributed by atoms with E-state index in [1.165, 1.54) is 0 Å². The number of anilines is 1. The fraction of sp³-hybridized carbons (Fsp3) is 0. The summed E-state index contributed by atoms with van der Waals surface area (Å²) in [5, 5.41) is 4.10. The summed E-state index contributed by atoms with van der Waals surface area (Å²) in [5.74, 6) is 0. The van der Waals surface area contributed by atoms with Gasteiger partial charge in [-0.1, -0.05) is 23.5 Å². The van der Waals surface area contributed by atoms with Crippen molar-refractivity contribution in [2.75, 3.05) is 5.32 Å². The van der Waals surface area contributed by atoms with Crippen molar-refractivity contribution in [3.63, 3.8) is 0 Å². The van der Waals surface area contributed by atoms with Crippen LogP contribution in [0.1, 0.15) is 0 Å². The Morgan fingerprint density at radius 1 is 1.26 bits per heavy atom. The number of aromatic nitrogens is 2. The topological polar surface area (TPSA) is 63.8 Å². The number of pyridine rings is 1. The molecule has 0 amide bonds. The smallest absolute Gasteiger partial charge is 0.168 e. The van der Waals surface area contributed by atoms with Gasteiger partial charge in [-0.3, -0.25) is 0 Å². The number of thiocarbonyl (C=S) groups is 1. The first-order chi connectivity index (χ1) is 9.22. The number of nitrogens with one attached hydrogen (secondary N) is 1. The van der Waals surface area contributed by atoms with Crippen LogP contribution < -0.4 is 11.1 Å². The number of rotatable bonds is 2. The first-order valence-corrected chi connectivity index (χ1v) is 6.83. The number of nitrogens with two attached hydrogens (primary N) is 1. The number of fused-ring (bicyclic) bond motifs is 1. The molecule has 0 unspecified atom stereocenters. The maximum absolute atomic E-state index is 5.47. The van der Waals surface area contributed by atoms with Crippen LogP contribution >= 0.6 is 23.6 Å². The Morgan fingerprint density at radius 2 is 2.16 bits per heavy atom. The summed E-state index contributed by atoms with van der Waals surface area (Å²) in [6, 6.07) is 11.7. The molecule has 0 aliphatic rings. The van der Waals surface area contributed by atoms with Crippen LogP contribution in [0.3, 0.4) is 0 Å². The lowest BCUT2D eigenvalue weighted by molar-refractivity contribution is 1.40. The molecule has 2 aromatic heterocycles. The highest BCUT2D eigenvalue weighted by molar-refractivity contribution is 7.80. The molecule has 0 aliphatic heterocycles. The Labute approximate surface area is 119 Å². The molecule has 94 valence electrons. The molecule has 19 heavy (non-hydrogen) atoms. The molecule has 0 spiro atoms. The van der Waals surface area contributed by atoms with E-state index in [4.69, 9.17) is 18.0 Å². The zero-order valence-electron chi connectivity index (χ0n) is 9.83. The number of nitrogens with zero attached hydrogens (tertiary/aromatic N) is 2. The molecule has 4 nitrogen and oxygen atoms in total. The van der Waals surface area contributed by atoms with Crippen LogP contribution in [-0.4, -0.2) is 15.1 Å². The molecule has 6 heteroatoms. The normalized spacial score (nSPS) is 10.5. The van der Waals surface area contributed by atoms with E-state index in [0.717, 1.165) is 26.6 Å². The van der Waals surface area contributed by atoms with Gasteiger partial charge in [-0.2, -0.15) is 0 Å². The van der Waals surface area contributed by atoms with Crippen LogP contribution in [0.2, 0.25) is 0 Å². The number of thiazole rings is 1. The summed E-state index contributed by atoms with van der Waals surface area (Å²) >= 11 is 6.40. The second-order valence-corrected chi connectivity index (χ2v) is 5.33. The number of benzene rings is 1. The van der Waals surface area contributed by atoms with Gasteiger partial charge in [-0.25, -0.2) is 9.97 Å². The van der Waals surface area contributed by atoms with Crippen LogP contribution in [0.25, 0.3) is 20.9 Å². The van der Waals surface area contributed by atoms with Gasteiger partial charge in [-0.15, -0.1) is 0 Å². The van der Waals surface area contributed by atoms with E-state index in [1.807, 2.05) is 36.4 Å². The molecule has 0 saturated heterocycles. The monoisotopic (exact) mass is 286 g/mol. The van der Waals surface area contributed by atoms with Crippen molar-refractivity contribution >= 4 is 44.7 Å². The van der Waals surface area contributed by atoms with Gasteiger partial charge in [0.15, 0.2) is 5.11 Å². The average molecular weight is 286 g/mol. The molecule has 0 fully saturated rings. The van der Waals surface area contributed by atoms with E-state index < -0.39 is 0 Å². The minimum atomic E-state index is 0.253. The van der Waals surface area contributed by atoms with Gasteiger partial charge in [0.1, 0.15) is 15.4 Å². The van der Waals surface area contributed by atoms with Gasteiger partial charge in [-0.05, 0) is 36.5 Å². The lowest BCUT2D eigenvalue weighted by Crippen LogP contribution is -2.18. The number of hydrogen-bond acceptors (Lipinski definition) is 4. The highest BCUT2D eigenvalue weighted by atomic mass is 32.1. The van der Waals surface area contributed by atoms with Crippen LogP contribution in [0, 0.1) is 0 Å². The Bertz CT molecular complexity index is 718. The van der Waals surface area contributed by atoms with Crippen molar-refractivity contribution in [1.29, 1.82) is 0 Å². The first-order valence-electron chi connectivity index (χ1n) is 5.61. The van der Waals surface area contributed by atoms with E-state index in [1.54, 1.807) is 17.5 Å². The molecule has 0 saturated carbocycles. The first kappa shape index (κ1) is 12.0. The maximum Gasteiger partial charge on any atom is 0.168 e. The summed E-state index contributed by atoms with van der Waals surface area (Å²) in [6.45, 7) is 0. The van der Waals surface area contributed by atoms with Crippen LogP contribution in [-0.2, 0) is 0 Å². The maximum atomic E-state index is 5.47. The molecule has 3 rings (SSSR count). The standard InChI is InChI=1S/C13H10N4S2/c14-13(18)16-9-4-1-3-8(7-9)11-17-10-5-2-6-15-12(10)19-11/h1-7H,(H3,14,16,18). The van der Waals surface area contributed by atoms with Crippen LogP contribution in [0.4, 0.5) is 5.69 Å². The quantitative estimate of drug-likeness (QED) is 0.709. The van der Waals surface area contributed by atoms with Crippen molar-refractivity contribution < 1.29 is 0 Å². The molecule has 0 aliphatic carbocycles. The second kappa shape index (κ2) is 4.91. The third kappa shape index (κ3) is 2.54. The number of hydrogen-bond donors (Lipinski definition) is 2. The molecule has 2 heterocycles. The molecule has 0 atom stereocenters. The highest BCUT2D eigenvalue weighted by Crippen LogP contribution is 2.29. The fourth-order valence-corrected chi connectivity index (χ4v) is 2.79. The summed E-state index contributed by atoms with van der Waals surface area (Å²) in [5.41, 5.74) is 8.26. The molecule has 0 radical (unpaired) electrons. The molecule has 3 N–H and O–H groups in total. The molecule has 3 aromatic rings. The summed E-state index contributed by atoms with van der Waals surface area (Å²) in [6.07, 6.45) is 1.77. The molecule has 1 aromatic carbocycles. The predicted molar refractivity (Wildman–Crippen MR) is 83.3 cm³/mol. The van der Waals surface area contributed by atoms with Crippen molar-refractivity contribution in [1.82, 2.24) is 9.97 Å². The van der Waals surface area contributed by atoms with Gasteiger partial charge in [0.25, 0.3) is 0 Å². The Morgan fingerprint density at radius 3 is 2.95 bits per heavy atom. The minimum Gasteiger partial charge on any atom is -0.376 e. The van der Waals surface area contributed by atoms with Crippen molar-refractivity contribution in [3.05, 3.63) is 42.6 Å². The summed E-state index contributed by atoms with van der Waals surface area (Å²) in [4.78, 5) is 9.80. The van der Waals surface area contributed by atoms with Crippen molar-refractivity contribution in [2.24, 2.45) is 5.73 Å². The lowest BCUT2D eigenvalue weighted by atomic mass is 10.2. The SMILES string of the molecule is NC(=S)Nc1cccc(-c2nc3cccnc3s2)c1. The van der Waals surface area contributed by atoms with E-state index in [9.17, 15) is 0 Å². The largest absolute Gasteiger partial charge is 0.376 e. The molecule has 0 bridgehead atoms. The Hall–Kier alpha value is -2.05. The van der Waals surface area contributed by atoms with Gasteiger partial charge in [0.05, 0.1) is 0 Å². The third-order valence-electron chi connectivity index (χ3n) is 2.54. The molecular formula is C13H10N4S2. The van der Waals surface area contributed by atoms with Gasteiger partial charge < -0.3 is 11.1 Å². The van der Waals surface area contributed by atoms with Crippen LogP contribution in [0.5, 0.6) is 0 Å². The van der Waals surface area contributed by atoms with Crippen molar-refractivity contribution in [3.8, 4) is 10.6 Å². The second-order valence-electron chi connectivity index (χ2n) is 3.92. The molecular weight excluding hydrogens is 276 g/mol. The van der Waals surface area contributed by atoms with Gasteiger partial charge in [0, 0.05) is 17.4 Å². The van der Waals surface area contributed by atoms with Crippen molar-refractivity contribution in [2.45, 2.75) is 0 Å². The lowest BCUT2D eigenvalue weighted by Gasteiger charge is -2.04.